The molecule has 0 fully saturated rings. The van der Waals surface area contributed by atoms with Crippen LogP contribution in [0.25, 0.3) is 5.69 Å². The molecule has 9 heteroatoms. The number of rotatable bonds is 5. The van der Waals surface area contributed by atoms with E-state index in [-0.39, 0.29) is 11.7 Å². The van der Waals surface area contributed by atoms with Crippen molar-refractivity contribution in [2.24, 2.45) is 5.92 Å². The third kappa shape index (κ3) is 4.11. The number of fused-ring (bicyclic) bond motifs is 1. The summed E-state index contributed by atoms with van der Waals surface area (Å²) in [6, 6.07) is 8.34. The Labute approximate surface area is 183 Å². The van der Waals surface area contributed by atoms with Gasteiger partial charge in [0.1, 0.15) is 11.1 Å². The van der Waals surface area contributed by atoms with Gasteiger partial charge in [0.15, 0.2) is 0 Å². The van der Waals surface area contributed by atoms with Crippen LogP contribution in [0.3, 0.4) is 0 Å². The summed E-state index contributed by atoms with van der Waals surface area (Å²) in [5.74, 6) is 0.610. The zero-order chi connectivity index (χ0) is 21.3. The predicted octanol–water partition coefficient (Wildman–Crippen LogP) is 4.07. The molecule has 7 nitrogen and oxygen atoms in total. The first-order valence-corrected chi connectivity index (χ1v) is 11.6. The fourth-order valence-corrected chi connectivity index (χ4v) is 5.77. The second kappa shape index (κ2) is 8.58. The number of aryl methyl sites for hydroxylation is 2. The number of hydrogen-bond acceptors (Lipinski definition) is 7. The van der Waals surface area contributed by atoms with E-state index in [1.807, 2.05) is 26.0 Å². The maximum absolute atomic E-state index is 12.6. The molecule has 4 rings (SSSR count). The van der Waals surface area contributed by atoms with Crippen LogP contribution in [0.5, 0.6) is 0 Å². The number of nitriles is 1. The first-order chi connectivity index (χ1) is 14.5. The zero-order valence-electron chi connectivity index (χ0n) is 17.1. The fourth-order valence-electron chi connectivity index (χ4n) is 3.71. The van der Waals surface area contributed by atoms with Gasteiger partial charge in [0.25, 0.3) is 0 Å². The summed E-state index contributed by atoms with van der Waals surface area (Å²) in [5.41, 5.74) is 4.85. The SMILES string of the molecule is Cc1ccc(-n2nnnc2SCC(=O)Nc2sc3c(c2C#N)CCC(C)C3)c(C)c1. The smallest absolute Gasteiger partial charge is 0.235 e. The van der Waals surface area contributed by atoms with E-state index in [1.165, 1.54) is 33.5 Å². The molecule has 0 spiro atoms. The van der Waals surface area contributed by atoms with E-state index in [0.29, 0.717) is 21.6 Å². The molecule has 1 aliphatic carbocycles. The molecule has 0 bridgehead atoms. The zero-order valence-corrected chi connectivity index (χ0v) is 18.7. The van der Waals surface area contributed by atoms with E-state index >= 15 is 0 Å². The third-order valence-electron chi connectivity index (χ3n) is 5.23. The quantitative estimate of drug-likeness (QED) is 0.603. The summed E-state index contributed by atoms with van der Waals surface area (Å²) in [5, 5.41) is 25.7. The van der Waals surface area contributed by atoms with E-state index in [9.17, 15) is 10.1 Å². The summed E-state index contributed by atoms with van der Waals surface area (Å²) in [6.07, 6.45) is 2.97. The maximum Gasteiger partial charge on any atom is 0.235 e. The highest BCUT2D eigenvalue weighted by Crippen LogP contribution is 2.39. The van der Waals surface area contributed by atoms with Gasteiger partial charge in [-0.25, -0.2) is 0 Å². The van der Waals surface area contributed by atoms with Crippen LogP contribution >= 0.6 is 23.1 Å². The lowest BCUT2D eigenvalue weighted by molar-refractivity contribution is -0.113. The number of benzene rings is 1. The van der Waals surface area contributed by atoms with Crippen molar-refractivity contribution >= 4 is 34.0 Å². The summed E-state index contributed by atoms with van der Waals surface area (Å²) in [4.78, 5) is 13.8. The number of thioether (sulfide) groups is 1. The number of aromatic nitrogens is 4. The molecule has 2 aromatic heterocycles. The normalized spacial score (nSPS) is 15.5. The number of thiophene rings is 1. The maximum atomic E-state index is 12.6. The summed E-state index contributed by atoms with van der Waals surface area (Å²) in [7, 11) is 0. The Morgan fingerprint density at radius 1 is 1.43 bits per heavy atom. The van der Waals surface area contributed by atoms with Crippen LogP contribution in [0.15, 0.2) is 23.4 Å². The molecular weight excluding hydrogens is 416 g/mol. The Morgan fingerprint density at radius 2 is 2.27 bits per heavy atom. The van der Waals surface area contributed by atoms with Gasteiger partial charge in [-0.2, -0.15) is 9.94 Å². The monoisotopic (exact) mass is 438 g/mol. The van der Waals surface area contributed by atoms with Gasteiger partial charge < -0.3 is 5.32 Å². The molecule has 1 N–H and O–H groups in total. The number of amides is 1. The van der Waals surface area contributed by atoms with Crippen LogP contribution in [0.4, 0.5) is 5.00 Å². The van der Waals surface area contributed by atoms with Gasteiger partial charge in [-0.15, -0.1) is 16.4 Å². The van der Waals surface area contributed by atoms with E-state index in [4.69, 9.17) is 0 Å². The van der Waals surface area contributed by atoms with Crippen LogP contribution in [0.2, 0.25) is 0 Å². The van der Waals surface area contributed by atoms with E-state index in [0.717, 1.165) is 36.1 Å². The molecule has 0 radical (unpaired) electrons. The van der Waals surface area contributed by atoms with E-state index in [2.05, 4.69) is 39.9 Å². The third-order valence-corrected chi connectivity index (χ3v) is 7.32. The topological polar surface area (TPSA) is 96.5 Å². The van der Waals surface area contributed by atoms with Gasteiger partial charge in [0.2, 0.25) is 11.1 Å². The van der Waals surface area contributed by atoms with Crippen molar-refractivity contribution in [1.82, 2.24) is 20.2 Å². The highest BCUT2D eigenvalue weighted by molar-refractivity contribution is 7.99. The number of nitrogens with one attached hydrogen (secondary N) is 1. The van der Waals surface area contributed by atoms with E-state index in [1.54, 1.807) is 4.68 Å². The van der Waals surface area contributed by atoms with Crippen molar-refractivity contribution in [3.05, 3.63) is 45.3 Å². The lowest BCUT2D eigenvalue weighted by atomic mass is 9.89. The molecule has 154 valence electrons. The lowest BCUT2D eigenvalue weighted by Gasteiger charge is -2.17. The van der Waals surface area contributed by atoms with Gasteiger partial charge in [0.05, 0.1) is 17.0 Å². The lowest BCUT2D eigenvalue weighted by Crippen LogP contribution is -2.15. The number of hydrogen-bond donors (Lipinski definition) is 1. The largest absolute Gasteiger partial charge is 0.316 e. The summed E-state index contributed by atoms with van der Waals surface area (Å²) in [6.45, 7) is 6.27. The second-order valence-corrected chi connectivity index (χ2v) is 9.72. The fraction of sp³-hybridized carbons (Fsp3) is 0.381. The average Bonchev–Trinajstić information content (AvgIpc) is 3.29. The highest BCUT2D eigenvalue weighted by atomic mass is 32.2. The van der Waals surface area contributed by atoms with Gasteiger partial charge >= 0.3 is 0 Å². The number of anilines is 1. The van der Waals surface area contributed by atoms with Crippen LogP contribution < -0.4 is 5.32 Å². The van der Waals surface area contributed by atoms with Crippen molar-refractivity contribution in [3.8, 4) is 11.8 Å². The molecule has 0 saturated heterocycles. The highest BCUT2D eigenvalue weighted by Gasteiger charge is 2.25. The Balaban J connectivity index is 1.46. The molecule has 0 aliphatic heterocycles. The molecule has 0 saturated carbocycles. The van der Waals surface area contributed by atoms with Crippen LogP contribution in [0.1, 0.15) is 40.5 Å². The van der Waals surface area contributed by atoms with Gasteiger partial charge in [-0.3, -0.25) is 4.79 Å². The van der Waals surface area contributed by atoms with Crippen LogP contribution in [0, 0.1) is 31.1 Å². The van der Waals surface area contributed by atoms with Crippen LogP contribution in [-0.4, -0.2) is 31.9 Å². The summed E-state index contributed by atoms with van der Waals surface area (Å²) >= 11 is 2.81. The predicted molar refractivity (Wildman–Crippen MR) is 118 cm³/mol. The minimum absolute atomic E-state index is 0.162. The molecular formula is C21H22N6OS2. The van der Waals surface area contributed by atoms with Gasteiger partial charge in [-0.1, -0.05) is 36.4 Å². The van der Waals surface area contributed by atoms with Crippen molar-refractivity contribution in [3.63, 3.8) is 0 Å². The summed E-state index contributed by atoms with van der Waals surface area (Å²) < 4.78 is 1.65. The van der Waals surface area contributed by atoms with Crippen molar-refractivity contribution in [1.29, 1.82) is 5.26 Å². The van der Waals surface area contributed by atoms with Gasteiger partial charge in [-0.05, 0) is 66.6 Å². The molecule has 3 aromatic rings. The number of nitrogens with zero attached hydrogens (tertiary/aromatic N) is 5. The second-order valence-electron chi connectivity index (χ2n) is 7.67. The first kappa shape index (κ1) is 20.6. The molecule has 30 heavy (non-hydrogen) atoms. The molecule has 2 heterocycles. The molecule has 1 amide bonds. The Morgan fingerprint density at radius 3 is 3.03 bits per heavy atom. The Kier molecular flexibility index (Phi) is 5.88. The Bertz CT molecular complexity index is 1140. The minimum Gasteiger partial charge on any atom is -0.316 e. The molecule has 1 unspecified atom stereocenters. The Hall–Kier alpha value is -2.70. The number of carbonyl (C=O) groups excluding carboxylic acids is 1. The van der Waals surface area contributed by atoms with Gasteiger partial charge in [0, 0.05) is 4.88 Å². The number of carbonyl (C=O) groups is 1. The van der Waals surface area contributed by atoms with E-state index < -0.39 is 0 Å². The molecule has 1 aliphatic rings. The van der Waals surface area contributed by atoms with Crippen LogP contribution in [-0.2, 0) is 17.6 Å². The standard InChI is InChI=1S/C21H22N6OS2/c1-12-5-7-17(14(3)8-12)27-21(24-25-26-27)29-11-19(28)23-20-16(10-22)15-6-4-13(2)9-18(15)30-20/h5,7-8,13H,4,6,9,11H2,1-3H3,(H,23,28). The molecule has 1 aromatic carbocycles. The number of tetrazole rings is 1. The van der Waals surface area contributed by atoms with Crippen molar-refractivity contribution in [2.75, 3.05) is 11.1 Å². The average molecular weight is 439 g/mol. The molecule has 1 atom stereocenters. The van der Waals surface area contributed by atoms with Crippen molar-refractivity contribution in [2.45, 2.75) is 45.2 Å². The van der Waals surface area contributed by atoms with Crippen molar-refractivity contribution < 1.29 is 4.79 Å². The minimum atomic E-state index is -0.168. The first-order valence-electron chi connectivity index (χ1n) is 9.79.